The van der Waals surface area contributed by atoms with Crippen molar-refractivity contribution < 1.29 is 22.7 Å². The van der Waals surface area contributed by atoms with Crippen LogP contribution < -0.4 is 10.5 Å². The van der Waals surface area contributed by atoms with Gasteiger partial charge in [0.25, 0.3) is 0 Å². The summed E-state index contributed by atoms with van der Waals surface area (Å²) in [6, 6.07) is 13.0. The molecule has 1 aliphatic rings. The molecule has 0 saturated heterocycles. The molecule has 1 heterocycles. The molecular weight excluding hydrogens is 333 g/mol. The number of carbonyl (C=O) groups is 1. The molecule has 2 aromatic carbocycles. The smallest absolute Gasteiger partial charge is 0.406 e. The van der Waals surface area contributed by atoms with Gasteiger partial charge in [-0.2, -0.15) is 0 Å². The van der Waals surface area contributed by atoms with Gasteiger partial charge in [0.1, 0.15) is 5.75 Å². The minimum Gasteiger partial charge on any atom is -0.406 e. The van der Waals surface area contributed by atoms with Crippen molar-refractivity contribution >= 4 is 5.91 Å². The van der Waals surface area contributed by atoms with E-state index >= 15 is 0 Å². The number of hydrogen-bond acceptors (Lipinski definition) is 3. The number of hydrogen-bond donors (Lipinski definition) is 1. The van der Waals surface area contributed by atoms with Gasteiger partial charge in [-0.05, 0) is 35.2 Å². The van der Waals surface area contributed by atoms with Gasteiger partial charge in [0.15, 0.2) is 0 Å². The molecule has 7 heteroatoms. The monoisotopic (exact) mass is 350 g/mol. The van der Waals surface area contributed by atoms with Crippen molar-refractivity contribution in [1.82, 2.24) is 4.90 Å². The van der Waals surface area contributed by atoms with Crippen molar-refractivity contribution in [2.75, 3.05) is 0 Å². The third-order valence-electron chi connectivity index (χ3n) is 4.22. The second-order valence-electron chi connectivity index (χ2n) is 5.99. The number of amides is 1. The number of ether oxygens (including phenoxy) is 1. The normalized spacial score (nSPS) is 17.8. The van der Waals surface area contributed by atoms with Gasteiger partial charge in [0, 0.05) is 13.1 Å². The van der Waals surface area contributed by atoms with Crippen molar-refractivity contribution in [2.24, 2.45) is 5.73 Å². The van der Waals surface area contributed by atoms with Gasteiger partial charge in [-0.1, -0.05) is 36.4 Å². The molecule has 0 spiro atoms. The Bertz CT molecular complexity index is 760. The van der Waals surface area contributed by atoms with Crippen molar-refractivity contribution in [2.45, 2.75) is 31.9 Å². The molecule has 132 valence electrons. The summed E-state index contributed by atoms with van der Waals surface area (Å²) in [7, 11) is 0. The predicted molar refractivity (Wildman–Crippen MR) is 85.5 cm³/mol. The number of alkyl halides is 3. The SMILES string of the molecule is NC(=O)[C@@H]1Cc2ccccc2CN1Cc1ccc(OC(F)(F)F)cc1. The summed E-state index contributed by atoms with van der Waals surface area (Å²) >= 11 is 0. The molecule has 0 unspecified atom stereocenters. The Hall–Kier alpha value is -2.54. The topological polar surface area (TPSA) is 55.6 Å². The van der Waals surface area contributed by atoms with Crippen LogP contribution in [0, 0.1) is 0 Å². The first-order valence-corrected chi connectivity index (χ1v) is 7.76. The number of primary amides is 1. The van der Waals surface area contributed by atoms with Crippen LogP contribution in [0.25, 0.3) is 0 Å². The molecule has 4 nitrogen and oxygen atoms in total. The molecule has 1 aliphatic heterocycles. The highest BCUT2D eigenvalue weighted by atomic mass is 19.4. The summed E-state index contributed by atoms with van der Waals surface area (Å²) in [5.41, 5.74) is 8.53. The van der Waals surface area contributed by atoms with Crippen LogP contribution >= 0.6 is 0 Å². The van der Waals surface area contributed by atoms with Crippen LogP contribution in [0.4, 0.5) is 13.2 Å². The third kappa shape index (κ3) is 4.30. The molecule has 2 N–H and O–H groups in total. The van der Waals surface area contributed by atoms with E-state index in [1.807, 2.05) is 29.2 Å². The maximum absolute atomic E-state index is 12.2. The Morgan fingerprint density at radius 2 is 1.76 bits per heavy atom. The highest BCUT2D eigenvalue weighted by molar-refractivity contribution is 5.80. The standard InChI is InChI=1S/C18H17F3N2O2/c19-18(20,21)25-15-7-5-12(6-8-15)10-23-11-14-4-2-1-3-13(14)9-16(23)17(22)24/h1-8,16H,9-11H2,(H2,22,24)/t16-/m0/s1. The summed E-state index contributed by atoms with van der Waals surface area (Å²) in [5.74, 6) is -0.682. The van der Waals surface area contributed by atoms with Crippen molar-refractivity contribution in [3.63, 3.8) is 0 Å². The van der Waals surface area contributed by atoms with Crippen molar-refractivity contribution in [3.8, 4) is 5.75 Å². The van der Waals surface area contributed by atoms with Gasteiger partial charge in [0.05, 0.1) is 6.04 Å². The van der Waals surface area contributed by atoms with E-state index in [4.69, 9.17) is 5.73 Å². The second-order valence-corrected chi connectivity index (χ2v) is 5.99. The number of fused-ring (bicyclic) bond motifs is 1. The van der Waals surface area contributed by atoms with E-state index in [1.54, 1.807) is 12.1 Å². The molecule has 0 bridgehead atoms. The molecule has 1 atom stereocenters. The molecule has 0 saturated carbocycles. The lowest BCUT2D eigenvalue weighted by molar-refractivity contribution is -0.274. The maximum atomic E-state index is 12.2. The van der Waals surface area contributed by atoms with Crippen LogP contribution in [0.5, 0.6) is 5.75 Å². The molecule has 0 aliphatic carbocycles. The van der Waals surface area contributed by atoms with Crippen LogP contribution in [0.3, 0.4) is 0 Å². The Labute approximate surface area is 143 Å². The van der Waals surface area contributed by atoms with Crippen LogP contribution in [0.2, 0.25) is 0 Å². The summed E-state index contributed by atoms with van der Waals surface area (Å²) in [6.45, 7) is 0.971. The number of benzene rings is 2. The summed E-state index contributed by atoms with van der Waals surface area (Å²) in [6.07, 6.45) is -4.18. The Balaban J connectivity index is 1.75. The first-order chi connectivity index (χ1) is 11.8. The molecule has 2 aromatic rings. The minimum absolute atomic E-state index is 0.272. The molecule has 0 aromatic heterocycles. The quantitative estimate of drug-likeness (QED) is 0.922. The molecular formula is C18H17F3N2O2. The minimum atomic E-state index is -4.71. The largest absolute Gasteiger partial charge is 0.573 e. The molecule has 1 amide bonds. The van der Waals surface area contributed by atoms with Gasteiger partial charge in [0.2, 0.25) is 5.91 Å². The molecule has 25 heavy (non-hydrogen) atoms. The Kier molecular flexibility index (Phi) is 4.67. The average Bonchev–Trinajstić information content (AvgIpc) is 2.54. The van der Waals surface area contributed by atoms with E-state index in [9.17, 15) is 18.0 Å². The van der Waals surface area contributed by atoms with Gasteiger partial charge < -0.3 is 10.5 Å². The van der Waals surface area contributed by atoms with E-state index in [0.29, 0.717) is 19.5 Å². The third-order valence-corrected chi connectivity index (χ3v) is 4.22. The zero-order chi connectivity index (χ0) is 18.0. The Morgan fingerprint density at radius 1 is 1.12 bits per heavy atom. The van der Waals surface area contributed by atoms with Gasteiger partial charge >= 0.3 is 6.36 Å². The van der Waals surface area contributed by atoms with Gasteiger partial charge in [-0.25, -0.2) is 0 Å². The van der Waals surface area contributed by atoms with Gasteiger partial charge in [-0.15, -0.1) is 13.2 Å². The lowest BCUT2D eigenvalue weighted by atomic mass is 9.93. The Morgan fingerprint density at radius 3 is 2.36 bits per heavy atom. The van der Waals surface area contributed by atoms with E-state index in [2.05, 4.69) is 4.74 Å². The fourth-order valence-electron chi connectivity index (χ4n) is 3.05. The van der Waals surface area contributed by atoms with E-state index < -0.39 is 18.3 Å². The first kappa shape index (κ1) is 17.3. The van der Waals surface area contributed by atoms with Crippen LogP contribution in [-0.4, -0.2) is 23.2 Å². The number of nitrogens with two attached hydrogens (primary N) is 1. The molecule has 0 radical (unpaired) electrons. The summed E-state index contributed by atoms with van der Waals surface area (Å²) in [5, 5.41) is 0. The first-order valence-electron chi connectivity index (χ1n) is 7.76. The van der Waals surface area contributed by atoms with Crippen LogP contribution in [-0.2, 0) is 24.3 Å². The molecule has 3 rings (SSSR count). The lowest BCUT2D eigenvalue weighted by Gasteiger charge is -2.35. The fraction of sp³-hybridized carbons (Fsp3) is 0.278. The fourth-order valence-corrected chi connectivity index (χ4v) is 3.05. The zero-order valence-electron chi connectivity index (χ0n) is 13.3. The lowest BCUT2D eigenvalue weighted by Crippen LogP contribution is -2.48. The number of carbonyl (C=O) groups excluding carboxylic acids is 1. The number of nitrogens with zero attached hydrogens (tertiary/aromatic N) is 1. The zero-order valence-corrected chi connectivity index (χ0v) is 13.3. The summed E-state index contributed by atoms with van der Waals surface area (Å²) < 4.78 is 40.5. The van der Waals surface area contributed by atoms with E-state index in [0.717, 1.165) is 16.7 Å². The van der Waals surface area contributed by atoms with Crippen LogP contribution in [0.15, 0.2) is 48.5 Å². The van der Waals surface area contributed by atoms with Gasteiger partial charge in [-0.3, -0.25) is 9.69 Å². The van der Waals surface area contributed by atoms with E-state index in [1.165, 1.54) is 12.1 Å². The summed E-state index contributed by atoms with van der Waals surface area (Å²) in [4.78, 5) is 13.7. The average molecular weight is 350 g/mol. The van der Waals surface area contributed by atoms with Crippen LogP contribution in [0.1, 0.15) is 16.7 Å². The second kappa shape index (κ2) is 6.76. The van der Waals surface area contributed by atoms with Crippen molar-refractivity contribution in [3.05, 3.63) is 65.2 Å². The number of rotatable bonds is 4. The van der Waals surface area contributed by atoms with Crippen molar-refractivity contribution in [1.29, 1.82) is 0 Å². The van der Waals surface area contributed by atoms with E-state index in [-0.39, 0.29) is 5.75 Å². The highest BCUT2D eigenvalue weighted by Crippen LogP contribution is 2.26. The number of halogens is 3. The highest BCUT2D eigenvalue weighted by Gasteiger charge is 2.31. The predicted octanol–water partition coefficient (Wildman–Crippen LogP) is 3.00. The molecule has 0 fully saturated rings. The maximum Gasteiger partial charge on any atom is 0.573 e.